The van der Waals surface area contributed by atoms with Gasteiger partial charge >= 0.3 is 0 Å². The van der Waals surface area contributed by atoms with Gasteiger partial charge in [-0.25, -0.2) is 4.99 Å². The highest BCUT2D eigenvalue weighted by molar-refractivity contribution is 5.79. The molecule has 154 valence electrons. The molecule has 0 bridgehead atoms. The quantitative estimate of drug-likeness (QED) is 0.328. The fourth-order valence-electron chi connectivity index (χ4n) is 2.84. The van der Waals surface area contributed by atoms with Crippen LogP contribution in [0.25, 0.3) is 5.65 Å². The summed E-state index contributed by atoms with van der Waals surface area (Å²) in [5.74, 6) is 2.37. The number of aryl methyl sites for hydroxylation is 1. The van der Waals surface area contributed by atoms with E-state index in [0.717, 1.165) is 34.9 Å². The van der Waals surface area contributed by atoms with Gasteiger partial charge in [-0.2, -0.15) is 0 Å². The van der Waals surface area contributed by atoms with E-state index in [1.807, 2.05) is 48.7 Å². The molecule has 0 aliphatic heterocycles. The third kappa shape index (κ3) is 5.68. The molecule has 8 nitrogen and oxygen atoms in total. The Morgan fingerprint density at radius 3 is 2.86 bits per heavy atom. The minimum absolute atomic E-state index is 0.499. The molecule has 0 spiro atoms. The van der Waals surface area contributed by atoms with Crippen LogP contribution in [-0.2, 0) is 17.8 Å². The maximum Gasteiger partial charge on any atom is 0.191 e. The third-order valence-electron chi connectivity index (χ3n) is 4.32. The number of ether oxygens (including phenoxy) is 2. The molecule has 0 unspecified atom stereocenters. The van der Waals surface area contributed by atoms with Crippen LogP contribution in [0, 0.1) is 6.92 Å². The zero-order chi connectivity index (χ0) is 20.5. The number of aliphatic imine (C=N–C) groups is 1. The molecule has 2 aromatic heterocycles. The summed E-state index contributed by atoms with van der Waals surface area (Å²) in [4.78, 5) is 4.71. The summed E-state index contributed by atoms with van der Waals surface area (Å²) in [6.45, 7) is 6.92. The monoisotopic (exact) mass is 396 g/mol. The van der Waals surface area contributed by atoms with Gasteiger partial charge in [0.15, 0.2) is 17.4 Å². The first-order valence-electron chi connectivity index (χ1n) is 9.73. The van der Waals surface area contributed by atoms with Crippen molar-refractivity contribution in [1.29, 1.82) is 0 Å². The lowest BCUT2D eigenvalue weighted by Crippen LogP contribution is -2.37. The van der Waals surface area contributed by atoms with Crippen molar-refractivity contribution in [3.63, 3.8) is 0 Å². The van der Waals surface area contributed by atoms with Crippen molar-refractivity contribution < 1.29 is 9.47 Å². The molecule has 3 aromatic rings. The van der Waals surface area contributed by atoms with E-state index >= 15 is 0 Å². The Labute approximate surface area is 171 Å². The van der Waals surface area contributed by atoms with Crippen molar-refractivity contribution in [2.24, 2.45) is 4.99 Å². The van der Waals surface area contributed by atoms with Gasteiger partial charge in [0.25, 0.3) is 0 Å². The van der Waals surface area contributed by atoms with E-state index in [0.29, 0.717) is 32.3 Å². The first-order chi connectivity index (χ1) is 14.2. The Morgan fingerprint density at radius 2 is 2.03 bits per heavy atom. The van der Waals surface area contributed by atoms with Crippen LogP contribution in [0.3, 0.4) is 0 Å². The predicted octanol–water partition coefficient (Wildman–Crippen LogP) is 2.32. The zero-order valence-corrected chi connectivity index (χ0v) is 17.2. The van der Waals surface area contributed by atoms with Gasteiger partial charge in [-0.05, 0) is 37.6 Å². The number of rotatable bonds is 9. The number of nitrogens with one attached hydrogen (secondary N) is 2. The third-order valence-corrected chi connectivity index (χ3v) is 4.32. The topological polar surface area (TPSA) is 85.1 Å². The van der Waals surface area contributed by atoms with Crippen LogP contribution in [0.5, 0.6) is 5.75 Å². The number of fused-ring (bicyclic) bond motifs is 1. The van der Waals surface area contributed by atoms with E-state index in [1.165, 1.54) is 0 Å². The van der Waals surface area contributed by atoms with Crippen LogP contribution in [0.1, 0.15) is 23.9 Å². The van der Waals surface area contributed by atoms with Crippen LogP contribution in [0.15, 0.2) is 47.6 Å². The second-order valence-corrected chi connectivity index (χ2v) is 6.55. The molecule has 0 fully saturated rings. The number of hydrogen-bond donors (Lipinski definition) is 2. The van der Waals surface area contributed by atoms with Crippen LogP contribution in [0.2, 0.25) is 0 Å². The smallest absolute Gasteiger partial charge is 0.191 e. The lowest BCUT2D eigenvalue weighted by Gasteiger charge is -2.13. The normalized spacial score (nSPS) is 11.6. The minimum Gasteiger partial charge on any atom is -0.491 e. The molecule has 0 amide bonds. The van der Waals surface area contributed by atoms with Crippen LogP contribution in [0.4, 0.5) is 0 Å². The van der Waals surface area contributed by atoms with Crippen LogP contribution in [-0.4, -0.2) is 47.4 Å². The minimum atomic E-state index is 0.499. The van der Waals surface area contributed by atoms with Gasteiger partial charge in [-0.15, -0.1) is 10.2 Å². The molecule has 3 rings (SSSR count). The lowest BCUT2D eigenvalue weighted by atomic mass is 10.1. The molecule has 2 N–H and O–H groups in total. The largest absolute Gasteiger partial charge is 0.491 e. The second-order valence-electron chi connectivity index (χ2n) is 6.55. The number of benzene rings is 1. The molecule has 8 heteroatoms. The average Bonchev–Trinajstić information content (AvgIpc) is 3.14. The fourth-order valence-corrected chi connectivity index (χ4v) is 2.84. The molecule has 0 aliphatic carbocycles. The van der Waals surface area contributed by atoms with Gasteiger partial charge in [0.2, 0.25) is 0 Å². The molecular weight excluding hydrogens is 368 g/mol. The summed E-state index contributed by atoms with van der Waals surface area (Å²) < 4.78 is 12.9. The summed E-state index contributed by atoms with van der Waals surface area (Å²) in [5, 5.41) is 15.0. The molecule has 0 saturated carbocycles. The van der Waals surface area contributed by atoms with Gasteiger partial charge < -0.3 is 20.1 Å². The summed E-state index contributed by atoms with van der Waals surface area (Å²) >= 11 is 0. The summed E-state index contributed by atoms with van der Waals surface area (Å²) in [6, 6.07) is 12.0. The number of hydrogen-bond acceptors (Lipinski definition) is 5. The van der Waals surface area contributed by atoms with Gasteiger partial charge in [-0.1, -0.05) is 18.2 Å². The summed E-state index contributed by atoms with van der Waals surface area (Å²) in [6.07, 6.45) is 1.95. The fraction of sp³-hybridized carbons (Fsp3) is 0.381. The summed E-state index contributed by atoms with van der Waals surface area (Å²) in [5.41, 5.74) is 2.99. The maximum atomic E-state index is 5.86. The Bertz CT molecular complexity index is 953. The van der Waals surface area contributed by atoms with Gasteiger partial charge in [0.05, 0.1) is 19.7 Å². The van der Waals surface area contributed by atoms with E-state index in [1.54, 1.807) is 7.11 Å². The number of methoxy groups -OCH3 is 1. The highest BCUT2D eigenvalue weighted by Gasteiger charge is 2.07. The van der Waals surface area contributed by atoms with Crippen molar-refractivity contribution >= 4 is 11.6 Å². The number of aromatic nitrogens is 3. The maximum absolute atomic E-state index is 5.86. The molecule has 29 heavy (non-hydrogen) atoms. The van der Waals surface area contributed by atoms with Crippen LogP contribution < -0.4 is 15.4 Å². The molecule has 0 aliphatic rings. The molecular formula is C21H28N6O2. The van der Waals surface area contributed by atoms with E-state index in [9.17, 15) is 0 Å². The Morgan fingerprint density at radius 1 is 1.14 bits per heavy atom. The van der Waals surface area contributed by atoms with Crippen molar-refractivity contribution in [2.45, 2.75) is 26.9 Å². The van der Waals surface area contributed by atoms with Crippen LogP contribution >= 0.6 is 0 Å². The van der Waals surface area contributed by atoms with E-state index in [2.05, 4.69) is 33.0 Å². The lowest BCUT2D eigenvalue weighted by molar-refractivity contribution is 0.145. The molecule has 0 radical (unpaired) electrons. The molecule has 1 aromatic carbocycles. The molecule has 0 atom stereocenters. The second kappa shape index (κ2) is 10.4. The SMILES string of the molecule is CCNC(=NCc1ccc(C)cc1OCCOC)NCc1nnc2ccccn12. The Kier molecular flexibility index (Phi) is 7.40. The highest BCUT2D eigenvalue weighted by Crippen LogP contribution is 2.21. The molecule has 0 saturated heterocycles. The first-order valence-corrected chi connectivity index (χ1v) is 9.73. The zero-order valence-electron chi connectivity index (χ0n) is 17.2. The number of guanidine groups is 1. The van der Waals surface area contributed by atoms with Gasteiger partial charge in [0.1, 0.15) is 12.4 Å². The molecule has 2 heterocycles. The van der Waals surface area contributed by atoms with E-state index in [4.69, 9.17) is 14.5 Å². The van der Waals surface area contributed by atoms with Crippen molar-refractivity contribution in [1.82, 2.24) is 25.2 Å². The van der Waals surface area contributed by atoms with Gasteiger partial charge in [-0.3, -0.25) is 4.40 Å². The average molecular weight is 396 g/mol. The Hall–Kier alpha value is -3.13. The van der Waals surface area contributed by atoms with Crippen molar-refractivity contribution in [3.8, 4) is 5.75 Å². The van der Waals surface area contributed by atoms with E-state index < -0.39 is 0 Å². The predicted molar refractivity (Wildman–Crippen MR) is 113 cm³/mol. The Balaban J connectivity index is 1.69. The number of pyridine rings is 1. The van der Waals surface area contributed by atoms with Gasteiger partial charge in [0, 0.05) is 25.4 Å². The van der Waals surface area contributed by atoms with Crippen molar-refractivity contribution in [2.75, 3.05) is 26.9 Å². The highest BCUT2D eigenvalue weighted by atomic mass is 16.5. The van der Waals surface area contributed by atoms with Crippen molar-refractivity contribution in [3.05, 3.63) is 59.5 Å². The first kappa shape index (κ1) is 20.6. The number of nitrogens with zero attached hydrogens (tertiary/aromatic N) is 4. The standard InChI is InChI=1S/C21H28N6O2/c1-4-22-21(24-15-20-26-25-19-7-5-6-10-27(19)20)23-14-17-9-8-16(2)13-18(17)29-12-11-28-3/h5-10,13H,4,11-12,14-15H2,1-3H3,(H2,22,23,24). The summed E-state index contributed by atoms with van der Waals surface area (Å²) in [7, 11) is 1.66. The van der Waals surface area contributed by atoms with E-state index in [-0.39, 0.29) is 0 Å².